The average molecular weight is 388 g/mol. The van der Waals surface area contributed by atoms with Crippen LogP contribution in [-0.4, -0.2) is 47.1 Å². The molecule has 5 nitrogen and oxygen atoms in total. The quantitative estimate of drug-likeness (QED) is 0.796. The summed E-state index contributed by atoms with van der Waals surface area (Å²) in [5.74, 6) is 1.52. The molecule has 146 valence electrons. The van der Waals surface area contributed by atoms with Gasteiger partial charge in [-0.3, -0.25) is 4.79 Å². The first-order valence-corrected chi connectivity index (χ1v) is 10.9. The predicted octanol–water partition coefficient (Wildman–Crippen LogP) is 4.08. The molecular weight excluding hydrogens is 358 g/mol. The van der Waals surface area contributed by atoms with E-state index in [9.17, 15) is 4.79 Å². The normalized spacial score (nSPS) is 20.9. The van der Waals surface area contributed by atoms with Gasteiger partial charge in [-0.25, -0.2) is 9.97 Å². The lowest BCUT2D eigenvalue weighted by atomic mass is 9.73. The first-order valence-electron chi connectivity index (χ1n) is 10.0. The second-order valence-corrected chi connectivity index (χ2v) is 9.76. The second-order valence-electron chi connectivity index (χ2n) is 8.69. The van der Waals surface area contributed by atoms with Crippen molar-refractivity contribution in [3.63, 3.8) is 0 Å². The van der Waals surface area contributed by atoms with Crippen LogP contribution >= 0.6 is 11.3 Å². The number of morpholine rings is 1. The lowest BCUT2D eigenvalue weighted by molar-refractivity contribution is -0.134. The maximum absolute atomic E-state index is 12.7. The van der Waals surface area contributed by atoms with Gasteiger partial charge in [0.1, 0.15) is 10.7 Å². The molecule has 2 fully saturated rings. The summed E-state index contributed by atoms with van der Waals surface area (Å²) in [5, 5.41) is 1.08. The Morgan fingerprint density at radius 3 is 2.67 bits per heavy atom. The number of aryl methyl sites for hydroxylation is 1. The Hall–Kier alpha value is -1.53. The summed E-state index contributed by atoms with van der Waals surface area (Å²) in [6, 6.07) is 2.27. The molecule has 2 aromatic rings. The summed E-state index contributed by atoms with van der Waals surface area (Å²) in [6.45, 7) is 9.29. The number of nitrogens with zero attached hydrogens (tertiary/aromatic N) is 3. The van der Waals surface area contributed by atoms with Gasteiger partial charge in [0.15, 0.2) is 0 Å². The van der Waals surface area contributed by atoms with Gasteiger partial charge in [0.2, 0.25) is 5.91 Å². The zero-order valence-corrected chi connectivity index (χ0v) is 17.4. The summed E-state index contributed by atoms with van der Waals surface area (Å²) < 4.78 is 5.36. The molecule has 6 heteroatoms. The molecule has 0 aromatic carbocycles. The van der Waals surface area contributed by atoms with Crippen LogP contribution in [0.3, 0.4) is 0 Å². The molecule has 1 aliphatic carbocycles. The molecule has 2 aliphatic rings. The Kier molecular flexibility index (Phi) is 5.21. The Labute approximate surface area is 165 Å². The summed E-state index contributed by atoms with van der Waals surface area (Å²) in [4.78, 5) is 26.4. The van der Waals surface area contributed by atoms with Crippen LogP contribution in [0, 0.1) is 12.3 Å². The molecule has 1 saturated carbocycles. The van der Waals surface area contributed by atoms with Crippen LogP contribution in [0.2, 0.25) is 0 Å². The highest BCUT2D eigenvalue weighted by Gasteiger charge is 2.29. The second kappa shape index (κ2) is 7.47. The van der Waals surface area contributed by atoms with Crippen molar-refractivity contribution in [1.29, 1.82) is 0 Å². The smallest absolute Gasteiger partial charge is 0.228 e. The van der Waals surface area contributed by atoms with Crippen molar-refractivity contribution in [2.24, 2.45) is 5.41 Å². The van der Waals surface area contributed by atoms with Gasteiger partial charge in [0.05, 0.1) is 25.3 Å². The molecule has 1 aliphatic heterocycles. The van der Waals surface area contributed by atoms with Crippen molar-refractivity contribution in [1.82, 2.24) is 14.9 Å². The molecule has 2 aromatic heterocycles. The number of ether oxygens (including phenoxy) is 1. The van der Waals surface area contributed by atoms with E-state index in [0.29, 0.717) is 44.1 Å². The molecular formula is C21H29N3O2S. The highest BCUT2D eigenvalue weighted by Crippen LogP contribution is 2.45. The van der Waals surface area contributed by atoms with Gasteiger partial charge in [0.25, 0.3) is 0 Å². The van der Waals surface area contributed by atoms with E-state index in [1.807, 2.05) is 11.8 Å². The number of aromatic nitrogens is 2. The third kappa shape index (κ3) is 4.16. The number of carbonyl (C=O) groups excluding carboxylic acids is 1. The van der Waals surface area contributed by atoms with Crippen LogP contribution in [0.25, 0.3) is 10.2 Å². The highest BCUT2D eigenvalue weighted by molar-refractivity contribution is 7.18. The summed E-state index contributed by atoms with van der Waals surface area (Å²) in [5.41, 5.74) is 1.35. The first kappa shape index (κ1) is 18.8. The van der Waals surface area contributed by atoms with Gasteiger partial charge in [-0.2, -0.15) is 0 Å². The molecule has 0 atom stereocenters. The molecule has 0 unspecified atom stereocenters. The molecule has 27 heavy (non-hydrogen) atoms. The number of rotatable bonds is 3. The van der Waals surface area contributed by atoms with Crippen molar-refractivity contribution in [3.05, 3.63) is 22.5 Å². The zero-order valence-electron chi connectivity index (χ0n) is 16.6. The van der Waals surface area contributed by atoms with Gasteiger partial charge < -0.3 is 9.64 Å². The Morgan fingerprint density at radius 1 is 1.26 bits per heavy atom. The van der Waals surface area contributed by atoms with E-state index in [4.69, 9.17) is 4.74 Å². The van der Waals surface area contributed by atoms with Crippen molar-refractivity contribution in [2.45, 2.75) is 58.8 Å². The third-order valence-electron chi connectivity index (χ3n) is 6.03. The molecule has 1 amide bonds. The van der Waals surface area contributed by atoms with Gasteiger partial charge >= 0.3 is 0 Å². The number of fused-ring (bicyclic) bond motifs is 1. The van der Waals surface area contributed by atoms with Gasteiger partial charge in [-0.05, 0) is 50.0 Å². The molecule has 0 bridgehead atoms. The van der Waals surface area contributed by atoms with Crippen LogP contribution in [0.5, 0.6) is 0 Å². The summed E-state index contributed by atoms with van der Waals surface area (Å²) in [6.07, 6.45) is 5.40. The number of thiophene rings is 1. The number of hydrogen-bond acceptors (Lipinski definition) is 5. The average Bonchev–Trinajstić information content (AvgIpc) is 3.06. The predicted molar refractivity (Wildman–Crippen MR) is 108 cm³/mol. The van der Waals surface area contributed by atoms with Gasteiger partial charge in [-0.1, -0.05) is 13.8 Å². The molecule has 3 heterocycles. The van der Waals surface area contributed by atoms with Crippen LogP contribution in [0.15, 0.2) is 6.07 Å². The molecule has 0 N–H and O–H groups in total. The van der Waals surface area contributed by atoms with Crippen molar-refractivity contribution in [2.75, 3.05) is 26.3 Å². The Balaban J connectivity index is 1.57. The maximum atomic E-state index is 12.7. The molecule has 0 radical (unpaired) electrons. The van der Waals surface area contributed by atoms with E-state index in [1.54, 1.807) is 11.3 Å². The fraction of sp³-hybridized carbons (Fsp3) is 0.667. The standard InChI is InChI=1S/C21H29N3O2S/c1-14-22-17(13-19(25)24-8-10-26-11-9-24)16-12-18(27-20(16)23-14)15-4-6-21(2,3)7-5-15/h12,15H,4-11,13H2,1-3H3. The molecule has 4 rings (SSSR count). The van der Waals surface area contributed by atoms with Crippen molar-refractivity contribution >= 4 is 27.5 Å². The number of amides is 1. The van der Waals surface area contributed by atoms with E-state index < -0.39 is 0 Å². The van der Waals surface area contributed by atoms with Gasteiger partial charge in [-0.15, -0.1) is 11.3 Å². The summed E-state index contributed by atoms with van der Waals surface area (Å²) >= 11 is 1.80. The minimum atomic E-state index is 0.143. The van der Waals surface area contributed by atoms with Crippen LogP contribution in [0.1, 0.15) is 61.8 Å². The van der Waals surface area contributed by atoms with Crippen LogP contribution < -0.4 is 0 Å². The fourth-order valence-corrected chi connectivity index (χ4v) is 5.47. The maximum Gasteiger partial charge on any atom is 0.228 e. The Morgan fingerprint density at radius 2 is 1.96 bits per heavy atom. The van der Waals surface area contributed by atoms with E-state index >= 15 is 0 Å². The topological polar surface area (TPSA) is 55.3 Å². The minimum Gasteiger partial charge on any atom is -0.378 e. The lowest BCUT2D eigenvalue weighted by Gasteiger charge is -2.33. The fourth-order valence-electron chi connectivity index (χ4n) is 4.20. The zero-order chi connectivity index (χ0) is 19.0. The SMILES string of the molecule is Cc1nc(CC(=O)N2CCOCC2)c2cc(C3CCC(C)(C)CC3)sc2n1. The van der Waals surface area contributed by atoms with Crippen LogP contribution in [0.4, 0.5) is 0 Å². The highest BCUT2D eigenvalue weighted by atomic mass is 32.1. The summed E-state index contributed by atoms with van der Waals surface area (Å²) in [7, 11) is 0. The first-order chi connectivity index (χ1) is 12.9. The Bertz CT molecular complexity index is 829. The van der Waals surface area contributed by atoms with E-state index in [1.165, 1.54) is 30.6 Å². The molecule has 1 saturated heterocycles. The van der Waals surface area contributed by atoms with Crippen molar-refractivity contribution < 1.29 is 9.53 Å². The number of hydrogen-bond donors (Lipinski definition) is 0. The largest absolute Gasteiger partial charge is 0.378 e. The van der Waals surface area contributed by atoms with E-state index in [-0.39, 0.29) is 5.91 Å². The van der Waals surface area contributed by atoms with E-state index in [2.05, 4.69) is 29.9 Å². The third-order valence-corrected chi connectivity index (χ3v) is 7.22. The number of carbonyl (C=O) groups is 1. The van der Waals surface area contributed by atoms with Crippen LogP contribution in [-0.2, 0) is 16.0 Å². The van der Waals surface area contributed by atoms with Crippen molar-refractivity contribution in [3.8, 4) is 0 Å². The minimum absolute atomic E-state index is 0.143. The van der Waals surface area contributed by atoms with Gasteiger partial charge in [0, 0.05) is 23.4 Å². The van der Waals surface area contributed by atoms with E-state index in [0.717, 1.165) is 21.7 Å². The lowest BCUT2D eigenvalue weighted by Crippen LogP contribution is -2.41. The molecule has 0 spiro atoms. The monoisotopic (exact) mass is 387 g/mol.